The summed E-state index contributed by atoms with van der Waals surface area (Å²) in [5.74, 6) is -0.465. The van der Waals surface area contributed by atoms with Gasteiger partial charge in [-0.05, 0) is 50.1 Å². The van der Waals surface area contributed by atoms with Gasteiger partial charge in [0, 0.05) is 35.9 Å². The Kier molecular flexibility index (Phi) is 6.53. The highest BCUT2D eigenvalue weighted by molar-refractivity contribution is 5.90. The second-order valence-corrected chi connectivity index (χ2v) is 8.80. The second-order valence-electron chi connectivity index (χ2n) is 8.80. The fraction of sp³-hybridized carbons (Fsp3) is 0.240. The molecule has 0 bridgehead atoms. The van der Waals surface area contributed by atoms with E-state index in [0.29, 0.717) is 0 Å². The van der Waals surface area contributed by atoms with E-state index in [4.69, 9.17) is 4.74 Å². The molecule has 0 aliphatic rings. The molecule has 0 fully saturated rings. The van der Waals surface area contributed by atoms with Crippen LogP contribution in [-0.4, -0.2) is 44.8 Å². The van der Waals surface area contributed by atoms with Crippen molar-refractivity contribution in [1.82, 2.24) is 25.7 Å². The Balaban J connectivity index is 1.49. The van der Waals surface area contributed by atoms with E-state index < -0.39 is 23.6 Å². The number of rotatable bonds is 6. The van der Waals surface area contributed by atoms with Crippen molar-refractivity contribution in [3.8, 4) is 0 Å². The summed E-state index contributed by atoms with van der Waals surface area (Å²) in [5, 5.41) is 7.72. The van der Waals surface area contributed by atoms with Gasteiger partial charge in [0.2, 0.25) is 0 Å². The number of nitrogens with zero attached hydrogens (tertiary/aromatic N) is 3. The maximum absolute atomic E-state index is 13.0. The number of hydrogen-bond acceptors (Lipinski definition) is 6. The fourth-order valence-electron chi connectivity index (χ4n) is 3.49. The van der Waals surface area contributed by atoms with Crippen LogP contribution < -0.4 is 10.7 Å². The third-order valence-electron chi connectivity index (χ3n) is 4.99. The molecule has 2 aromatic carbocycles. The van der Waals surface area contributed by atoms with Crippen LogP contribution >= 0.6 is 0 Å². The molecule has 9 heteroatoms. The normalized spacial score (nSPS) is 12.7. The topological polar surface area (TPSA) is 121 Å². The first-order valence-electron chi connectivity index (χ1n) is 10.9. The molecular formula is C25H26N6O3. The van der Waals surface area contributed by atoms with Crippen LogP contribution in [0.25, 0.3) is 21.9 Å². The molecule has 9 nitrogen and oxygen atoms in total. The van der Waals surface area contributed by atoms with Gasteiger partial charge in [0.05, 0.1) is 17.2 Å². The number of carbonyl (C=O) groups excluding carboxylic acids is 2. The largest absolute Gasteiger partial charge is 0.444 e. The first-order chi connectivity index (χ1) is 16.3. The highest BCUT2D eigenvalue weighted by Crippen LogP contribution is 2.19. The summed E-state index contributed by atoms with van der Waals surface area (Å²) in [6.45, 7) is 5.29. The summed E-state index contributed by atoms with van der Waals surface area (Å²) < 4.78 is 5.35. The number of aromatic nitrogens is 3. The number of H-pyrrole nitrogens is 1. The SMILES string of the molecule is CC(C)(C)OC(=O)NC(Cc1c[nH]c2ccccc12)C(=O)NN=Cc1ccc2nccnc2c1. The molecule has 1 atom stereocenters. The number of para-hydroxylation sites is 1. The average molecular weight is 459 g/mol. The lowest BCUT2D eigenvalue weighted by atomic mass is 10.0. The van der Waals surface area contributed by atoms with Crippen molar-refractivity contribution in [3.05, 3.63) is 72.2 Å². The summed E-state index contributed by atoms with van der Waals surface area (Å²) in [5.41, 5.74) is 5.92. The lowest BCUT2D eigenvalue weighted by Gasteiger charge is -2.22. The van der Waals surface area contributed by atoms with E-state index >= 15 is 0 Å². The number of hydrogen-bond donors (Lipinski definition) is 3. The van der Waals surface area contributed by atoms with Crippen LogP contribution in [-0.2, 0) is 16.0 Å². The summed E-state index contributed by atoms with van der Waals surface area (Å²) >= 11 is 0. The zero-order valence-corrected chi connectivity index (χ0v) is 19.2. The molecule has 1 unspecified atom stereocenters. The highest BCUT2D eigenvalue weighted by atomic mass is 16.6. The molecule has 0 saturated carbocycles. The Bertz CT molecular complexity index is 1360. The number of amides is 2. The van der Waals surface area contributed by atoms with E-state index in [-0.39, 0.29) is 6.42 Å². The summed E-state index contributed by atoms with van der Waals surface area (Å²) in [6.07, 6.45) is 6.17. The molecule has 34 heavy (non-hydrogen) atoms. The van der Waals surface area contributed by atoms with E-state index in [1.54, 1.807) is 33.2 Å². The van der Waals surface area contributed by atoms with Crippen molar-refractivity contribution in [3.63, 3.8) is 0 Å². The lowest BCUT2D eigenvalue weighted by molar-refractivity contribution is -0.123. The number of hydrazone groups is 1. The van der Waals surface area contributed by atoms with Gasteiger partial charge in [0.25, 0.3) is 5.91 Å². The smallest absolute Gasteiger partial charge is 0.408 e. The molecule has 2 amide bonds. The fourth-order valence-corrected chi connectivity index (χ4v) is 3.49. The number of nitrogens with one attached hydrogen (secondary N) is 3. The van der Waals surface area contributed by atoms with Crippen LogP contribution in [0.1, 0.15) is 31.9 Å². The van der Waals surface area contributed by atoms with Gasteiger partial charge in [-0.3, -0.25) is 14.8 Å². The molecule has 4 rings (SSSR count). The Morgan fingerprint density at radius 2 is 1.88 bits per heavy atom. The Morgan fingerprint density at radius 1 is 1.12 bits per heavy atom. The Hall–Kier alpha value is -4.27. The molecule has 0 saturated heterocycles. The van der Waals surface area contributed by atoms with Gasteiger partial charge in [0.1, 0.15) is 11.6 Å². The van der Waals surface area contributed by atoms with Crippen molar-refractivity contribution in [1.29, 1.82) is 0 Å². The lowest BCUT2D eigenvalue weighted by Crippen LogP contribution is -2.48. The van der Waals surface area contributed by atoms with Gasteiger partial charge in [-0.15, -0.1) is 0 Å². The average Bonchev–Trinajstić information content (AvgIpc) is 3.20. The Morgan fingerprint density at radius 3 is 2.68 bits per heavy atom. The van der Waals surface area contributed by atoms with Gasteiger partial charge in [-0.25, -0.2) is 10.2 Å². The molecule has 0 aliphatic heterocycles. The number of carbonyl (C=O) groups is 2. The van der Waals surface area contributed by atoms with Crippen molar-refractivity contribution in [2.24, 2.45) is 5.10 Å². The zero-order chi connectivity index (χ0) is 24.1. The minimum Gasteiger partial charge on any atom is -0.444 e. The standard InChI is InChI=1S/C25H26N6O3/c1-25(2,3)34-24(33)30-22(13-17-15-28-19-7-5-4-6-18(17)19)23(32)31-29-14-16-8-9-20-21(12-16)27-11-10-26-20/h4-12,14-15,22,28H,13H2,1-3H3,(H,30,33)(H,31,32). The summed E-state index contributed by atoms with van der Waals surface area (Å²) in [6, 6.07) is 12.4. The molecule has 3 N–H and O–H groups in total. The zero-order valence-electron chi connectivity index (χ0n) is 19.2. The van der Waals surface area contributed by atoms with E-state index in [1.807, 2.05) is 48.7 Å². The summed E-state index contributed by atoms with van der Waals surface area (Å²) in [4.78, 5) is 37.1. The molecule has 4 aromatic rings. The molecule has 2 aromatic heterocycles. The Labute approximate surface area is 196 Å². The van der Waals surface area contributed by atoms with E-state index in [1.165, 1.54) is 6.21 Å². The maximum Gasteiger partial charge on any atom is 0.408 e. The first kappa shape index (κ1) is 22.9. The van der Waals surface area contributed by atoms with Crippen LogP contribution in [0.5, 0.6) is 0 Å². The van der Waals surface area contributed by atoms with Gasteiger partial charge in [0.15, 0.2) is 0 Å². The minimum absolute atomic E-state index is 0.260. The van der Waals surface area contributed by atoms with Crippen LogP contribution in [0.2, 0.25) is 0 Å². The third kappa shape index (κ3) is 5.74. The van der Waals surface area contributed by atoms with Crippen LogP contribution in [0.3, 0.4) is 0 Å². The van der Waals surface area contributed by atoms with Gasteiger partial charge in [-0.2, -0.15) is 5.10 Å². The number of aromatic amines is 1. The van der Waals surface area contributed by atoms with Crippen molar-refractivity contribution >= 4 is 40.2 Å². The van der Waals surface area contributed by atoms with E-state index in [0.717, 1.165) is 33.1 Å². The van der Waals surface area contributed by atoms with Gasteiger partial charge >= 0.3 is 6.09 Å². The molecule has 0 aliphatic carbocycles. The number of ether oxygens (including phenoxy) is 1. The molecule has 0 spiro atoms. The molecule has 174 valence electrons. The summed E-state index contributed by atoms with van der Waals surface area (Å²) in [7, 11) is 0. The predicted octanol–water partition coefficient (Wildman–Crippen LogP) is 3.70. The van der Waals surface area contributed by atoms with Crippen LogP contribution in [0.15, 0.2) is 66.2 Å². The van der Waals surface area contributed by atoms with Crippen LogP contribution in [0.4, 0.5) is 4.79 Å². The number of alkyl carbamates (subject to hydrolysis) is 1. The second kappa shape index (κ2) is 9.70. The van der Waals surface area contributed by atoms with Crippen LogP contribution in [0, 0.1) is 0 Å². The van der Waals surface area contributed by atoms with E-state index in [2.05, 4.69) is 30.8 Å². The van der Waals surface area contributed by atoms with Crippen molar-refractivity contribution in [2.75, 3.05) is 0 Å². The number of benzene rings is 2. The quantitative estimate of drug-likeness (QED) is 0.300. The molecule has 2 heterocycles. The highest BCUT2D eigenvalue weighted by Gasteiger charge is 2.25. The number of fused-ring (bicyclic) bond motifs is 2. The third-order valence-corrected chi connectivity index (χ3v) is 4.99. The van der Waals surface area contributed by atoms with Crippen molar-refractivity contribution < 1.29 is 14.3 Å². The first-order valence-corrected chi connectivity index (χ1v) is 10.9. The molecular weight excluding hydrogens is 432 g/mol. The minimum atomic E-state index is -0.895. The van der Waals surface area contributed by atoms with Gasteiger partial charge < -0.3 is 15.0 Å². The van der Waals surface area contributed by atoms with Gasteiger partial charge in [-0.1, -0.05) is 24.3 Å². The van der Waals surface area contributed by atoms with Crippen molar-refractivity contribution in [2.45, 2.75) is 38.8 Å². The predicted molar refractivity (Wildman–Crippen MR) is 130 cm³/mol. The maximum atomic E-state index is 13.0. The van der Waals surface area contributed by atoms with E-state index in [9.17, 15) is 9.59 Å². The molecule has 0 radical (unpaired) electrons. The monoisotopic (exact) mass is 458 g/mol.